The molecule has 0 bridgehead atoms. The van der Waals surface area contributed by atoms with Crippen molar-refractivity contribution in [2.75, 3.05) is 11.9 Å². The van der Waals surface area contributed by atoms with Crippen molar-refractivity contribution in [3.63, 3.8) is 0 Å². The highest BCUT2D eigenvalue weighted by Gasteiger charge is 2.51. The first-order valence-electron chi connectivity index (χ1n) is 7.66. The van der Waals surface area contributed by atoms with Gasteiger partial charge < -0.3 is 10.4 Å². The fraction of sp³-hybridized carbons (Fsp3) is 0.500. The molecule has 5 nitrogen and oxygen atoms in total. The molecule has 0 saturated heterocycles. The summed E-state index contributed by atoms with van der Waals surface area (Å²) in [5.74, 6) is -1.75. The number of carbonyl (C=O) groups is 2. The van der Waals surface area contributed by atoms with Crippen LogP contribution in [0, 0.1) is 5.41 Å². The highest BCUT2D eigenvalue weighted by molar-refractivity contribution is 6.09. The second-order valence-corrected chi connectivity index (χ2v) is 6.40. The molecule has 0 unspecified atom stereocenters. The molecule has 0 spiro atoms. The van der Waals surface area contributed by atoms with Gasteiger partial charge in [0.05, 0.1) is 6.54 Å². The summed E-state index contributed by atoms with van der Waals surface area (Å²) in [5, 5.41) is 11.9. The van der Waals surface area contributed by atoms with Gasteiger partial charge in [0, 0.05) is 18.8 Å². The molecule has 1 aromatic carbocycles. The van der Waals surface area contributed by atoms with Crippen molar-refractivity contribution < 1.29 is 27.9 Å². The van der Waals surface area contributed by atoms with Crippen molar-refractivity contribution >= 4 is 17.6 Å². The van der Waals surface area contributed by atoms with Crippen molar-refractivity contribution in [2.24, 2.45) is 5.41 Å². The van der Waals surface area contributed by atoms with Crippen LogP contribution >= 0.6 is 0 Å². The lowest BCUT2D eigenvalue weighted by Gasteiger charge is -2.35. The van der Waals surface area contributed by atoms with Gasteiger partial charge >= 0.3 is 12.1 Å². The SMILES string of the molecule is O=C(O)C1(C(=O)Nc2cccc3c2CN(CC(F)(F)F)C3)CCC1. The number of carbonyl (C=O) groups excluding carboxylic acids is 1. The molecule has 0 aromatic heterocycles. The van der Waals surface area contributed by atoms with Gasteiger partial charge in [-0.3, -0.25) is 14.5 Å². The number of benzene rings is 1. The molecule has 1 heterocycles. The molecule has 0 radical (unpaired) electrons. The van der Waals surface area contributed by atoms with Crippen LogP contribution < -0.4 is 5.32 Å². The van der Waals surface area contributed by atoms with E-state index in [1.165, 1.54) is 4.90 Å². The Bertz CT molecular complexity index is 684. The average molecular weight is 342 g/mol. The summed E-state index contributed by atoms with van der Waals surface area (Å²) in [4.78, 5) is 25.0. The molecule has 1 saturated carbocycles. The number of nitrogens with zero attached hydrogens (tertiary/aromatic N) is 1. The van der Waals surface area contributed by atoms with Crippen molar-refractivity contribution in [3.8, 4) is 0 Å². The summed E-state index contributed by atoms with van der Waals surface area (Å²) in [7, 11) is 0. The van der Waals surface area contributed by atoms with Gasteiger partial charge in [-0.05, 0) is 30.0 Å². The third-order valence-corrected chi connectivity index (χ3v) is 4.75. The Labute approximate surface area is 136 Å². The molecule has 8 heteroatoms. The fourth-order valence-corrected chi connectivity index (χ4v) is 3.28. The van der Waals surface area contributed by atoms with Crippen molar-refractivity contribution in [2.45, 2.75) is 38.5 Å². The maximum atomic E-state index is 12.6. The quantitative estimate of drug-likeness (QED) is 0.826. The van der Waals surface area contributed by atoms with Crippen LogP contribution in [0.25, 0.3) is 0 Å². The lowest BCUT2D eigenvalue weighted by molar-refractivity contribution is -0.159. The largest absolute Gasteiger partial charge is 0.480 e. The van der Waals surface area contributed by atoms with Crippen LogP contribution in [0.3, 0.4) is 0 Å². The number of hydrogen-bond acceptors (Lipinski definition) is 3. The Hall–Kier alpha value is -2.09. The first-order valence-corrected chi connectivity index (χ1v) is 7.66. The van der Waals surface area contributed by atoms with E-state index in [1.54, 1.807) is 18.2 Å². The fourth-order valence-electron chi connectivity index (χ4n) is 3.28. The predicted octanol–water partition coefficient (Wildman–Crippen LogP) is 2.76. The first kappa shape index (κ1) is 16.8. The molecule has 24 heavy (non-hydrogen) atoms. The van der Waals surface area contributed by atoms with Gasteiger partial charge in [-0.25, -0.2) is 0 Å². The van der Waals surface area contributed by atoms with E-state index in [0.29, 0.717) is 17.7 Å². The number of aliphatic carboxylic acids is 1. The maximum Gasteiger partial charge on any atom is 0.401 e. The van der Waals surface area contributed by atoms with E-state index < -0.39 is 30.0 Å². The number of amides is 1. The lowest BCUT2D eigenvalue weighted by Crippen LogP contribution is -2.48. The van der Waals surface area contributed by atoms with Gasteiger partial charge in [-0.1, -0.05) is 18.6 Å². The van der Waals surface area contributed by atoms with Crippen molar-refractivity contribution in [3.05, 3.63) is 29.3 Å². The van der Waals surface area contributed by atoms with Crippen LogP contribution in [0.4, 0.5) is 18.9 Å². The topological polar surface area (TPSA) is 69.6 Å². The monoisotopic (exact) mass is 342 g/mol. The Morgan fingerprint density at radius 3 is 2.50 bits per heavy atom. The van der Waals surface area contributed by atoms with E-state index in [0.717, 1.165) is 5.56 Å². The number of hydrogen-bond donors (Lipinski definition) is 2. The minimum Gasteiger partial charge on any atom is -0.480 e. The second-order valence-electron chi connectivity index (χ2n) is 6.40. The minimum atomic E-state index is -4.29. The van der Waals surface area contributed by atoms with E-state index in [2.05, 4.69) is 5.32 Å². The number of rotatable bonds is 4. The van der Waals surface area contributed by atoms with E-state index in [9.17, 15) is 27.9 Å². The van der Waals surface area contributed by atoms with Crippen LogP contribution in [0.15, 0.2) is 18.2 Å². The summed E-state index contributed by atoms with van der Waals surface area (Å²) < 4.78 is 37.7. The number of alkyl halides is 3. The van der Waals surface area contributed by atoms with Gasteiger partial charge in [0.2, 0.25) is 5.91 Å². The van der Waals surface area contributed by atoms with Crippen molar-refractivity contribution in [1.82, 2.24) is 4.90 Å². The van der Waals surface area contributed by atoms with E-state index in [1.807, 2.05) is 0 Å². The zero-order valence-electron chi connectivity index (χ0n) is 12.8. The Morgan fingerprint density at radius 2 is 1.96 bits per heavy atom. The summed E-state index contributed by atoms with van der Waals surface area (Å²) in [6.07, 6.45) is -3.05. The summed E-state index contributed by atoms with van der Waals surface area (Å²) in [5.41, 5.74) is 0.326. The minimum absolute atomic E-state index is 0.0748. The van der Waals surface area contributed by atoms with Crippen LogP contribution in [-0.4, -0.2) is 34.6 Å². The maximum absolute atomic E-state index is 12.6. The van der Waals surface area contributed by atoms with Gasteiger partial charge in [-0.2, -0.15) is 13.2 Å². The molecule has 2 aliphatic rings. The Balaban J connectivity index is 1.77. The number of fused-ring (bicyclic) bond motifs is 1. The molecule has 3 rings (SSSR count). The van der Waals surface area contributed by atoms with Gasteiger partial charge in [0.15, 0.2) is 0 Å². The molecule has 0 atom stereocenters. The number of halogens is 3. The smallest absolute Gasteiger partial charge is 0.401 e. The van der Waals surface area contributed by atoms with Crippen LogP contribution in [0.5, 0.6) is 0 Å². The molecular formula is C16H17F3N2O3. The summed E-state index contributed by atoms with van der Waals surface area (Å²) in [6.45, 7) is -0.790. The molecule has 2 N–H and O–H groups in total. The van der Waals surface area contributed by atoms with E-state index in [-0.39, 0.29) is 25.9 Å². The summed E-state index contributed by atoms with van der Waals surface area (Å²) in [6, 6.07) is 4.97. The third kappa shape index (κ3) is 2.98. The zero-order valence-corrected chi connectivity index (χ0v) is 12.8. The Morgan fingerprint density at radius 1 is 1.25 bits per heavy atom. The molecule has 1 aliphatic carbocycles. The van der Waals surface area contributed by atoms with Crippen LogP contribution in [0.1, 0.15) is 30.4 Å². The molecule has 130 valence electrons. The predicted molar refractivity (Wildman–Crippen MR) is 79.2 cm³/mol. The normalized spacial score (nSPS) is 19.5. The zero-order chi connectivity index (χ0) is 17.5. The summed E-state index contributed by atoms with van der Waals surface area (Å²) >= 11 is 0. The highest BCUT2D eigenvalue weighted by Crippen LogP contribution is 2.42. The van der Waals surface area contributed by atoms with Crippen LogP contribution in [-0.2, 0) is 22.7 Å². The van der Waals surface area contributed by atoms with E-state index in [4.69, 9.17) is 0 Å². The molecule has 1 aliphatic heterocycles. The molecule has 1 fully saturated rings. The third-order valence-electron chi connectivity index (χ3n) is 4.75. The molecular weight excluding hydrogens is 325 g/mol. The average Bonchev–Trinajstić information content (AvgIpc) is 2.77. The second kappa shape index (κ2) is 5.77. The first-order chi connectivity index (χ1) is 11.2. The van der Waals surface area contributed by atoms with Gasteiger partial charge in [0.1, 0.15) is 5.41 Å². The number of carboxylic acid groups (broad SMARTS) is 1. The van der Waals surface area contributed by atoms with Gasteiger partial charge in [0.25, 0.3) is 0 Å². The Kier molecular flexibility index (Phi) is 4.03. The lowest BCUT2D eigenvalue weighted by atomic mass is 9.68. The highest BCUT2D eigenvalue weighted by atomic mass is 19.4. The van der Waals surface area contributed by atoms with Crippen molar-refractivity contribution in [1.29, 1.82) is 0 Å². The molecule has 1 aromatic rings. The molecule has 1 amide bonds. The number of carboxylic acids is 1. The number of nitrogens with one attached hydrogen (secondary N) is 1. The van der Waals surface area contributed by atoms with Gasteiger partial charge in [-0.15, -0.1) is 0 Å². The van der Waals surface area contributed by atoms with E-state index >= 15 is 0 Å². The number of anilines is 1. The standard InChI is InChI=1S/C16H17F3N2O3/c17-16(18,19)9-21-7-10-3-1-4-12(11(10)8-21)20-13(22)15(14(23)24)5-2-6-15/h1,3-4H,2,5-9H2,(H,20,22)(H,23,24). The van der Waals surface area contributed by atoms with Crippen LogP contribution in [0.2, 0.25) is 0 Å².